The number of nitrogens with zero attached hydrogens (tertiary/aromatic N) is 2. The van der Waals surface area contributed by atoms with Crippen LogP contribution in [0.25, 0.3) is 21.8 Å². The Morgan fingerprint density at radius 1 is 1.39 bits per heavy atom. The number of benzene rings is 1. The number of carbonyl (C=O) groups excluding carboxylic acids is 1. The zero-order valence-corrected chi connectivity index (χ0v) is 10.8. The van der Waals surface area contributed by atoms with E-state index >= 15 is 0 Å². The normalized spacial score (nSPS) is 11.3. The molecule has 1 aromatic carbocycles. The van der Waals surface area contributed by atoms with Crippen molar-refractivity contribution in [1.29, 1.82) is 0 Å². The minimum atomic E-state index is -0.0273. The molecule has 0 bridgehead atoms. The molecule has 0 saturated heterocycles. The summed E-state index contributed by atoms with van der Waals surface area (Å²) in [4.78, 5) is 16.1. The number of fused-ring (bicyclic) bond motifs is 3. The lowest BCUT2D eigenvalue weighted by Crippen LogP contribution is -2.03. The van der Waals surface area contributed by atoms with Gasteiger partial charge in [-0.05, 0) is 24.6 Å². The van der Waals surface area contributed by atoms with E-state index < -0.39 is 0 Å². The van der Waals surface area contributed by atoms with Crippen molar-refractivity contribution in [1.82, 2.24) is 9.55 Å². The predicted octanol–water partition coefficient (Wildman–Crippen LogP) is 3.81. The molecule has 2 heterocycles. The summed E-state index contributed by atoms with van der Waals surface area (Å²) >= 11 is 6.26. The van der Waals surface area contributed by atoms with Gasteiger partial charge in [0, 0.05) is 30.1 Å². The highest BCUT2D eigenvalue weighted by Gasteiger charge is 2.14. The minimum Gasteiger partial charge on any atom is -0.286 e. The van der Waals surface area contributed by atoms with Crippen LogP contribution in [0, 0.1) is 6.92 Å². The molecule has 4 heteroatoms. The van der Waals surface area contributed by atoms with E-state index in [0.717, 1.165) is 27.4 Å². The van der Waals surface area contributed by atoms with E-state index in [0.29, 0.717) is 5.02 Å². The van der Waals surface area contributed by atoms with E-state index in [1.807, 2.05) is 31.3 Å². The Labute approximate surface area is 109 Å². The van der Waals surface area contributed by atoms with E-state index in [9.17, 15) is 4.79 Å². The second kappa shape index (κ2) is 3.82. The van der Waals surface area contributed by atoms with Crippen LogP contribution in [0.15, 0.2) is 30.6 Å². The Morgan fingerprint density at radius 3 is 2.89 bits per heavy atom. The summed E-state index contributed by atoms with van der Waals surface area (Å²) in [6.45, 7) is 3.51. The van der Waals surface area contributed by atoms with Crippen LogP contribution in [0.4, 0.5) is 0 Å². The van der Waals surface area contributed by atoms with Crippen molar-refractivity contribution in [2.24, 2.45) is 0 Å². The van der Waals surface area contributed by atoms with Gasteiger partial charge in [-0.2, -0.15) is 0 Å². The smallest absolute Gasteiger partial charge is 0.227 e. The Bertz CT molecular complexity index is 789. The van der Waals surface area contributed by atoms with Crippen molar-refractivity contribution in [3.8, 4) is 0 Å². The first-order chi connectivity index (χ1) is 8.59. The summed E-state index contributed by atoms with van der Waals surface area (Å²) in [5.74, 6) is -0.0273. The molecular weight excluding hydrogens is 248 g/mol. The average molecular weight is 259 g/mol. The topological polar surface area (TPSA) is 34.9 Å². The number of aromatic nitrogens is 2. The molecule has 90 valence electrons. The Kier molecular flexibility index (Phi) is 2.38. The van der Waals surface area contributed by atoms with Crippen LogP contribution in [0.1, 0.15) is 17.3 Å². The minimum absolute atomic E-state index is 0.0273. The second-order valence-electron chi connectivity index (χ2n) is 4.36. The van der Waals surface area contributed by atoms with Crippen molar-refractivity contribution >= 4 is 39.3 Å². The molecular formula is C14H11ClN2O. The fourth-order valence-corrected chi connectivity index (χ4v) is 2.56. The van der Waals surface area contributed by atoms with Gasteiger partial charge < -0.3 is 0 Å². The van der Waals surface area contributed by atoms with Crippen molar-refractivity contribution in [3.63, 3.8) is 0 Å². The van der Waals surface area contributed by atoms with Crippen molar-refractivity contribution in [2.75, 3.05) is 0 Å². The molecule has 0 aliphatic rings. The largest absolute Gasteiger partial charge is 0.286 e. The fourth-order valence-electron chi connectivity index (χ4n) is 2.30. The number of carbonyl (C=O) groups is 1. The van der Waals surface area contributed by atoms with Gasteiger partial charge in [0.15, 0.2) is 0 Å². The third-order valence-corrected chi connectivity index (χ3v) is 3.46. The summed E-state index contributed by atoms with van der Waals surface area (Å²) < 4.78 is 1.64. The maximum Gasteiger partial charge on any atom is 0.227 e. The molecule has 0 radical (unpaired) electrons. The average Bonchev–Trinajstić information content (AvgIpc) is 2.67. The molecule has 0 aliphatic carbocycles. The van der Waals surface area contributed by atoms with Crippen molar-refractivity contribution in [3.05, 3.63) is 41.2 Å². The molecule has 0 unspecified atom stereocenters. The third-order valence-electron chi connectivity index (χ3n) is 3.14. The quantitative estimate of drug-likeness (QED) is 0.615. The van der Waals surface area contributed by atoms with Crippen LogP contribution in [-0.4, -0.2) is 15.5 Å². The predicted molar refractivity (Wildman–Crippen MR) is 73.3 cm³/mol. The summed E-state index contributed by atoms with van der Waals surface area (Å²) in [6, 6.07) is 5.57. The number of pyridine rings is 1. The number of hydrogen-bond donors (Lipinski definition) is 0. The van der Waals surface area contributed by atoms with Crippen LogP contribution >= 0.6 is 11.6 Å². The third kappa shape index (κ3) is 1.44. The highest BCUT2D eigenvalue weighted by atomic mass is 35.5. The van der Waals surface area contributed by atoms with Crippen molar-refractivity contribution in [2.45, 2.75) is 13.8 Å². The van der Waals surface area contributed by atoms with Gasteiger partial charge >= 0.3 is 0 Å². The van der Waals surface area contributed by atoms with Crippen LogP contribution in [0.5, 0.6) is 0 Å². The number of rotatable bonds is 0. The lowest BCUT2D eigenvalue weighted by atomic mass is 10.1. The summed E-state index contributed by atoms with van der Waals surface area (Å²) in [7, 11) is 0. The van der Waals surface area contributed by atoms with Gasteiger partial charge in [-0.15, -0.1) is 0 Å². The van der Waals surface area contributed by atoms with Crippen molar-refractivity contribution < 1.29 is 4.79 Å². The molecule has 18 heavy (non-hydrogen) atoms. The van der Waals surface area contributed by atoms with Crippen LogP contribution in [0.3, 0.4) is 0 Å². The van der Waals surface area contributed by atoms with Gasteiger partial charge in [-0.3, -0.25) is 14.3 Å². The molecule has 0 saturated carbocycles. The molecule has 2 aromatic heterocycles. The Morgan fingerprint density at radius 2 is 2.17 bits per heavy atom. The standard InChI is InChI=1S/C14H11ClN2O/c1-8-7-17(9(2)18)14-10(8)6-16-12-5-3-4-11(15)13(12)14/h3-7H,1-2H3. The molecule has 0 N–H and O–H groups in total. The highest BCUT2D eigenvalue weighted by Crippen LogP contribution is 2.32. The van der Waals surface area contributed by atoms with E-state index in [1.165, 1.54) is 0 Å². The van der Waals surface area contributed by atoms with Gasteiger partial charge in [0.25, 0.3) is 0 Å². The number of halogens is 1. The van der Waals surface area contributed by atoms with E-state index in [-0.39, 0.29) is 5.91 Å². The first-order valence-corrected chi connectivity index (χ1v) is 6.03. The maximum absolute atomic E-state index is 11.7. The zero-order chi connectivity index (χ0) is 12.9. The second-order valence-corrected chi connectivity index (χ2v) is 4.76. The van der Waals surface area contributed by atoms with Gasteiger partial charge in [-0.25, -0.2) is 0 Å². The van der Waals surface area contributed by atoms with Gasteiger partial charge in [0.2, 0.25) is 5.91 Å². The molecule has 3 nitrogen and oxygen atoms in total. The van der Waals surface area contributed by atoms with Gasteiger partial charge in [-0.1, -0.05) is 17.7 Å². The van der Waals surface area contributed by atoms with Gasteiger partial charge in [0.05, 0.1) is 16.1 Å². The van der Waals surface area contributed by atoms with Crippen LogP contribution < -0.4 is 0 Å². The van der Waals surface area contributed by atoms with Crippen LogP contribution in [0.2, 0.25) is 5.02 Å². The Hall–Kier alpha value is -1.87. The first-order valence-electron chi connectivity index (χ1n) is 5.65. The molecule has 0 aliphatic heterocycles. The maximum atomic E-state index is 11.7. The van der Waals surface area contributed by atoms with E-state index in [2.05, 4.69) is 4.98 Å². The number of aryl methyl sites for hydroxylation is 1. The van der Waals surface area contributed by atoms with Gasteiger partial charge in [0.1, 0.15) is 0 Å². The Balaban J connectivity index is 2.64. The highest BCUT2D eigenvalue weighted by molar-refractivity contribution is 6.37. The lowest BCUT2D eigenvalue weighted by molar-refractivity contribution is 0.0942. The molecule has 3 aromatic rings. The first kappa shape index (κ1) is 11.2. The lowest BCUT2D eigenvalue weighted by Gasteiger charge is -2.05. The molecule has 3 rings (SSSR count). The van der Waals surface area contributed by atoms with E-state index in [4.69, 9.17) is 11.6 Å². The molecule has 0 amide bonds. The molecule has 0 atom stereocenters. The van der Waals surface area contributed by atoms with Crippen LogP contribution in [-0.2, 0) is 0 Å². The summed E-state index contributed by atoms with van der Waals surface area (Å²) in [5.41, 5.74) is 2.67. The zero-order valence-electron chi connectivity index (χ0n) is 10.1. The molecule has 0 spiro atoms. The monoisotopic (exact) mass is 258 g/mol. The fraction of sp³-hybridized carbons (Fsp3) is 0.143. The molecule has 0 fully saturated rings. The SMILES string of the molecule is CC(=O)n1cc(C)c2cnc3cccc(Cl)c3c21. The van der Waals surface area contributed by atoms with E-state index in [1.54, 1.807) is 17.7 Å². The summed E-state index contributed by atoms with van der Waals surface area (Å²) in [5, 5.41) is 2.41. The number of hydrogen-bond acceptors (Lipinski definition) is 2. The summed E-state index contributed by atoms with van der Waals surface area (Å²) in [6.07, 6.45) is 3.63.